The average molecular weight is 438 g/mol. The van der Waals surface area contributed by atoms with Gasteiger partial charge in [0, 0.05) is 23.5 Å². The third-order valence-corrected chi connectivity index (χ3v) is 7.69. The summed E-state index contributed by atoms with van der Waals surface area (Å²) in [5, 5.41) is 8.11. The smallest absolute Gasteiger partial charge is 0.250 e. The van der Waals surface area contributed by atoms with Crippen LogP contribution in [0, 0.1) is 12.7 Å². The van der Waals surface area contributed by atoms with E-state index in [9.17, 15) is 12.8 Å². The molecule has 0 aliphatic rings. The second-order valence-electron chi connectivity index (χ2n) is 5.96. The Morgan fingerprint density at radius 2 is 1.89 bits per heavy atom. The minimum absolute atomic E-state index is 0.238. The molecule has 0 saturated heterocycles. The third kappa shape index (κ3) is 4.07. The molecule has 28 heavy (non-hydrogen) atoms. The summed E-state index contributed by atoms with van der Waals surface area (Å²) in [4.78, 5) is 6.13. The van der Waals surface area contributed by atoms with Crippen molar-refractivity contribution in [3.63, 3.8) is 0 Å². The van der Waals surface area contributed by atoms with Gasteiger partial charge in [-0.15, -0.1) is 16.4 Å². The number of sulfonamides is 1. The fourth-order valence-electron chi connectivity index (χ4n) is 2.51. The lowest BCUT2D eigenvalue weighted by Gasteiger charge is -2.05. The van der Waals surface area contributed by atoms with Crippen molar-refractivity contribution in [3.8, 4) is 11.3 Å². The van der Waals surface area contributed by atoms with Crippen LogP contribution < -0.4 is 10.0 Å². The van der Waals surface area contributed by atoms with Gasteiger partial charge in [-0.2, -0.15) is 0 Å². The summed E-state index contributed by atoms with van der Waals surface area (Å²) in [7, 11) is -3.48. The van der Waals surface area contributed by atoms with Crippen LogP contribution in [0.25, 0.3) is 16.2 Å². The van der Waals surface area contributed by atoms with Crippen molar-refractivity contribution >= 4 is 42.8 Å². The quantitative estimate of drug-likeness (QED) is 0.433. The maximum Gasteiger partial charge on any atom is 0.250 e. The number of fused-ring (bicyclic) bond motifs is 1. The number of hydrogen-bond acceptors (Lipinski definition) is 7. The first-order valence-electron chi connectivity index (χ1n) is 8.33. The molecule has 0 fully saturated rings. The van der Waals surface area contributed by atoms with E-state index in [4.69, 9.17) is 0 Å². The minimum Gasteiger partial charge on any atom is -0.359 e. The van der Waals surface area contributed by atoms with Gasteiger partial charge in [-0.25, -0.2) is 27.0 Å². The summed E-state index contributed by atoms with van der Waals surface area (Å²) in [5.74, 6) is -0.292. The highest BCUT2D eigenvalue weighted by Crippen LogP contribution is 2.24. The van der Waals surface area contributed by atoms with Gasteiger partial charge < -0.3 is 5.32 Å². The number of hydrogen-bond donors (Lipinski definition) is 2. The summed E-state index contributed by atoms with van der Waals surface area (Å²) < 4.78 is 41.9. The Balaban J connectivity index is 1.35. The topological polar surface area (TPSA) is 88.4 Å². The van der Waals surface area contributed by atoms with E-state index in [0.29, 0.717) is 26.5 Å². The number of anilines is 1. The zero-order valence-corrected chi connectivity index (χ0v) is 17.2. The van der Waals surface area contributed by atoms with Gasteiger partial charge >= 0.3 is 0 Å². The molecule has 0 spiro atoms. The van der Waals surface area contributed by atoms with E-state index in [0.717, 1.165) is 10.4 Å². The zero-order chi connectivity index (χ0) is 19.7. The number of rotatable bonds is 7. The highest BCUT2D eigenvalue weighted by Gasteiger charge is 2.15. The molecule has 3 aromatic heterocycles. The molecule has 0 aliphatic carbocycles. The van der Waals surface area contributed by atoms with Crippen LogP contribution in [-0.4, -0.2) is 36.1 Å². The van der Waals surface area contributed by atoms with Crippen molar-refractivity contribution in [1.29, 1.82) is 0 Å². The maximum atomic E-state index is 13.0. The predicted octanol–water partition coefficient (Wildman–Crippen LogP) is 3.36. The first-order chi connectivity index (χ1) is 13.4. The Hall–Kier alpha value is -2.34. The van der Waals surface area contributed by atoms with Crippen molar-refractivity contribution in [2.24, 2.45) is 0 Å². The molecule has 0 saturated carbocycles. The Morgan fingerprint density at radius 3 is 2.57 bits per heavy atom. The molecule has 0 radical (unpaired) electrons. The molecule has 3 heterocycles. The van der Waals surface area contributed by atoms with Gasteiger partial charge in [0.15, 0.2) is 0 Å². The number of thiophene rings is 1. The molecule has 0 atom stereocenters. The number of aromatic nitrogens is 3. The zero-order valence-electron chi connectivity index (χ0n) is 14.7. The molecule has 0 bridgehead atoms. The van der Waals surface area contributed by atoms with Gasteiger partial charge in [-0.1, -0.05) is 11.3 Å². The number of aryl methyl sites for hydroxylation is 1. The lowest BCUT2D eigenvalue weighted by atomic mass is 10.2. The van der Waals surface area contributed by atoms with Gasteiger partial charge in [0.1, 0.15) is 10.0 Å². The van der Waals surface area contributed by atoms with Crippen LogP contribution >= 0.6 is 22.7 Å². The van der Waals surface area contributed by atoms with E-state index in [1.165, 1.54) is 34.8 Å². The fraction of sp³-hybridized carbons (Fsp3) is 0.176. The SMILES string of the molecule is Cc1ccc(S(=O)(=O)NCCNc2nn3cc(-c4ccc(F)cc4)nc3s2)s1. The van der Waals surface area contributed by atoms with E-state index >= 15 is 0 Å². The summed E-state index contributed by atoms with van der Waals surface area (Å²) in [6.45, 7) is 2.50. The van der Waals surface area contributed by atoms with Crippen LogP contribution in [0.1, 0.15) is 4.88 Å². The van der Waals surface area contributed by atoms with Gasteiger partial charge in [-0.3, -0.25) is 0 Å². The van der Waals surface area contributed by atoms with Crippen LogP contribution in [0.4, 0.5) is 9.52 Å². The van der Waals surface area contributed by atoms with Gasteiger partial charge in [-0.05, 0) is 43.3 Å². The lowest BCUT2D eigenvalue weighted by Crippen LogP contribution is -2.28. The largest absolute Gasteiger partial charge is 0.359 e. The van der Waals surface area contributed by atoms with Gasteiger partial charge in [0.25, 0.3) is 0 Å². The molecular weight excluding hydrogens is 421 g/mol. The monoisotopic (exact) mass is 437 g/mol. The number of nitrogens with zero attached hydrogens (tertiary/aromatic N) is 3. The van der Waals surface area contributed by atoms with Crippen molar-refractivity contribution in [3.05, 3.63) is 53.3 Å². The Kier molecular flexibility index (Phi) is 5.15. The Bertz CT molecular complexity index is 1180. The molecule has 2 N–H and O–H groups in total. The van der Waals surface area contributed by atoms with Crippen LogP contribution in [0.3, 0.4) is 0 Å². The average Bonchev–Trinajstić information content (AvgIpc) is 3.34. The first-order valence-corrected chi connectivity index (χ1v) is 11.4. The first kappa shape index (κ1) is 19.0. The van der Waals surface area contributed by atoms with Crippen molar-refractivity contribution < 1.29 is 12.8 Å². The maximum absolute atomic E-state index is 13.0. The van der Waals surface area contributed by atoms with E-state index in [1.54, 1.807) is 35.0 Å². The van der Waals surface area contributed by atoms with Crippen LogP contribution in [0.2, 0.25) is 0 Å². The third-order valence-electron chi connectivity index (χ3n) is 3.86. The summed E-state index contributed by atoms with van der Waals surface area (Å²) in [5.41, 5.74) is 1.52. The number of nitrogens with one attached hydrogen (secondary N) is 2. The van der Waals surface area contributed by atoms with E-state index in [1.807, 2.05) is 6.92 Å². The molecule has 7 nitrogen and oxygen atoms in total. The van der Waals surface area contributed by atoms with Crippen molar-refractivity contribution in [1.82, 2.24) is 19.3 Å². The number of benzene rings is 1. The van der Waals surface area contributed by atoms with E-state index in [2.05, 4.69) is 20.1 Å². The molecular formula is C17H16FN5O2S3. The lowest BCUT2D eigenvalue weighted by molar-refractivity contribution is 0.585. The van der Waals surface area contributed by atoms with Crippen molar-refractivity contribution in [2.45, 2.75) is 11.1 Å². The Morgan fingerprint density at radius 1 is 1.11 bits per heavy atom. The summed E-state index contributed by atoms with van der Waals surface area (Å²) >= 11 is 2.59. The van der Waals surface area contributed by atoms with Crippen LogP contribution in [0.5, 0.6) is 0 Å². The summed E-state index contributed by atoms with van der Waals surface area (Å²) in [6, 6.07) is 9.50. The highest BCUT2D eigenvalue weighted by molar-refractivity contribution is 7.91. The number of imidazole rings is 1. The molecule has 146 valence electrons. The highest BCUT2D eigenvalue weighted by atomic mass is 32.2. The minimum atomic E-state index is -3.48. The Labute approximate surface area is 168 Å². The second-order valence-corrected chi connectivity index (χ2v) is 10.2. The number of halogens is 1. The van der Waals surface area contributed by atoms with Crippen LogP contribution in [-0.2, 0) is 10.0 Å². The van der Waals surface area contributed by atoms with Gasteiger partial charge in [0.2, 0.25) is 20.1 Å². The predicted molar refractivity (Wildman–Crippen MR) is 109 cm³/mol. The molecule has 0 amide bonds. The molecule has 4 aromatic rings. The molecule has 1 aromatic carbocycles. The van der Waals surface area contributed by atoms with E-state index < -0.39 is 10.0 Å². The molecule has 0 unspecified atom stereocenters. The van der Waals surface area contributed by atoms with Gasteiger partial charge in [0.05, 0.1) is 11.9 Å². The second kappa shape index (κ2) is 7.59. The molecule has 0 aliphatic heterocycles. The van der Waals surface area contributed by atoms with Crippen LogP contribution in [0.15, 0.2) is 46.8 Å². The summed E-state index contributed by atoms with van der Waals surface area (Å²) in [6.07, 6.45) is 1.77. The van der Waals surface area contributed by atoms with E-state index in [-0.39, 0.29) is 12.4 Å². The normalized spacial score (nSPS) is 11.9. The molecule has 11 heteroatoms. The fourth-order valence-corrected chi connectivity index (χ4v) is 5.68. The van der Waals surface area contributed by atoms with Crippen molar-refractivity contribution in [2.75, 3.05) is 18.4 Å². The molecule has 4 rings (SSSR count). The standard InChI is InChI=1S/C17H16FN5O2S3/c1-11-2-7-15(26-11)28(24,25)20-9-8-19-16-22-23-10-14(21-17(23)27-16)12-3-5-13(18)6-4-12/h2-7,10,20H,8-9H2,1H3,(H,19,22).